The predicted molar refractivity (Wildman–Crippen MR) is 94.6 cm³/mol. The molecule has 0 radical (unpaired) electrons. The molecular formula is C16H20F4N4O5S. The van der Waals surface area contributed by atoms with Crippen LogP contribution in [0.5, 0.6) is 0 Å². The van der Waals surface area contributed by atoms with Gasteiger partial charge in [-0.1, -0.05) is 0 Å². The lowest BCUT2D eigenvalue weighted by Gasteiger charge is -2.19. The second-order valence-corrected chi connectivity index (χ2v) is 9.34. The molecule has 0 unspecified atom stereocenters. The molecule has 14 heteroatoms. The van der Waals surface area contributed by atoms with E-state index in [0.717, 1.165) is 25.2 Å². The van der Waals surface area contributed by atoms with Gasteiger partial charge < -0.3 is 14.7 Å². The Morgan fingerprint density at radius 2 is 1.87 bits per heavy atom. The molecule has 3 aliphatic rings. The monoisotopic (exact) mass is 456 g/mol. The van der Waals surface area contributed by atoms with E-state index in [1.807, 2.05) is 4.90 Å². The van der Waals surface area contributed by atoms with Gasteiger partial charge in [0.1, 0.15) is 0 Å². The van der Waals surface area contributed by atoms with E-state index in [-0.39, 0.29) is 23.2 Å². The highest BCUT2D eigenvalue weighted by atomic mass is 32.2. The summed E-state index contributed by atoms with van der Waals surface area (Å²) in [5.41, 5.74) is 0. The number of nitrogens with one attached hydrogen (secondary N) is 1. The number of hydrogen-bond acceptors (Lipinski definition) is 7. The summed E-state index contributed by atoms with van der Waals surface area (Å²) in [5, 5.41) is 6.92. The normalized spacial score (nSPS) is 26.1. The number of carboxylic acid groups (broad SMARTS) is 1. The van der Waals surface area contributed by atoms with E-state index in [9.17, 15) is 26.0 Å². The molecule has 2 aliphatic heterocycles. The number of aliphatic carboxylic acids is 1. The van der Waals surface area contributed by atoms with Gasteiger partial charge in [0.2, 0.25) is 16.0 Å². The Bertz CT molecular complexity index is 863. The van der Waals surface area contributed by atoms with E-state index in [4.69, 9.17) is 14.6 Å². The second-order valence-electron chi connectivity index (χ2n) is 7.30. The van der Waals surface area contributed by atoms with Gasteiger partial charge in [-0.15, -0.1) is 0 Å². The molecule has 1 aromatic rings. The lowest BCUT2D eigenvalue weighted by atomic mass is 9.93. The van der Waals surface area contributed by atoms with Crippen LogP contribution in [0.3, 0.4) is 0 Å². The van der Waals surface area contributed by atoms with Gasteiger partial charge in [0, 0.05) is 31.5 Å². The van der Waals surface area contributed by atoms with Crippen LogP contribution >= 0.6 is 0 Å². The number of carboxylic acids is 1. The SMILES string of the molecule is O=C(O)C(F)(F)F.O=S(=O)(NC[C@@H]1CO[C@@H]2CN(c3ncc(F)cn3)C[C@H]12)C1CC1. The number of alkyl halides is 3. The molecule has 3 heterocycles. The van der Waals surface area contributed by atoms with E-state index >= 15 is 0 Å². The number of rotatable bonds is 5. The largest absolute Gasteiger partial charge is 0.490 e. The molecule has 9 nitrogen and oxygen atoms in total. The van der Waals surface area contributed by atoms with Crippen molar-refractivity contribution in [3.63, 3.8) is 0 Å². The summed E-state index contributed by atoms with van der Waals surface area (Å²) in [6.07, 6.45) is -1.20. The Kier molecular flexibility index (Phi) is 6.48. The molecule has 2 saturated heterocycles. The minimum absolute atomic E-state index is 0.0547. The molecule has 2 N–H and O–H groups in total. The van der Waals surface area contributed by atoms with Gasteiger partial charge >= 0.3 is 12.1 Å². The highest BCUT2D eigenvalue weighted by Gasteiger charge is 2.45. The first-order valence-electron chi connectivity index (χ1n) is 9.10. The zero-order chi connectivity index (χ0) is 22.1. The fourth-order valence-electron chi connectivity index (χ4n) is 3.36. The Balaban J connectivity index is 0.000000318. The number of halogens is 4. The maximum absolute atomic E-state index is 12.9. The molecule has 4 rings (SSSR count). The van der Waals surface area contributed by atoms with Crippen molar-refractivity contribution in [2.24, 2.45) is 11.8 Å². The standard InChI is InChI=1S/C14H19FN4O3S.C2HF3O2/c15-10-4-16-14(17-5-10)19-6-12-9(8-22-13(12)7-19)3-18-23(20,21)11-1-2-11;3-2(4,5)1(6)7/h4-5,9,11-13,18H,1-3,6-8H2;(H,6,7)/t9-,12-,13-;/m1./s1. The first kappa shape index (κ1) is 22.6. The lowest BCUT2D eigenvalue weighted by Crippen LogP contribution is -2.36. The summed E-state index contributed by atoms with van der Waals surface area (Å²) >= 11 is 0. The van der Waals surface area contributed by atoms with Crippen LogP contribution in [-0.2, 0) is 19.6 Å². The average molecular weight is 456 g/mol. The molecule has 30 heavy (non-hydrogen) atoms. The van der Waals surface area contributed by atoms with E-state index in [2.05, 4.69) is 14.7 Å². The smallest absolute Gasteiger partial charge is 0.475 e. The highest BCUT2D eigenvalue weighted by Crippen LogP contribution is 2.35. The second kappa shape index (κ2) is 8.59. The highest BCUT2D eigenvalue weighted by molar-refractivity contribution is 7.90. The number of nitrogens with zero attached hydrogens (tertiary/aromatic N) is 3. The molecule has 1 aromatic heterocycles. The van der Waals surface area contributed by atoms with Crippen molar-refractivity contribution in [3.05, 3.63) is 18.2 Å². The van der Waals surface area contributed by atoms with Gasteiger partial charge in [-0.2, -0.15) is 13.2 Å². The quantitative estimate of drug-likeness (QED) is 0.624. The number of fused-ring (bicyclic) bond motifs is 1. The first-order chi connectivity index (χ1) is 14.0. The number of hydrogen-bond donors (Lipinski definition) is 2. The van der Waals surface area contributed by atoms with E-state index in [0.29, 0.717) is 32.2 Å². The lowest BCUT2D eigenvalue weighted by molar-refractivity contribution is -0.192. The van der Waals surface area contributed by atoms with Gasteiger partial charge in [-0.25, -0.2) is 32.3 Å². The van der Waals surface area contributed by atoms with E-state index < -0.39 is 28.0 Å². The molecule has 3 fully saturated rings. The van der Waals surface area contributed by atoms with Gasteiger partial charge in [-0.3, -0.25) is 0 Å². The summed E-state index contributed by atoms with van der Waals surface area (Å²) < 4.78 is 77.1. The fraction of sp³-hybridized carbons (Fsp3) is 0.688. The van der Waals surface area contributed by atoms with Crippen molar-refractivity contribution in [3.8, 4) is 0 Å². The van der Waals surface area contributed by atoms with Crippen molar-refractivity contribution in [1.29, 1.82) is 0 Å². The number of anilines is 1. The Morgan fingerprint density at radius 3 is 2.40 bits per heavy atom. The maximum atomic E-state index is 12.9. The van der Waals surface area contributed by atoms with E-state index in [1.165, 1.54) is 0 Å². The molecular weight excluding hydrogens is 436 g/mol. The molecule has 0 aromatic carbocycles. The van der Waals surface area contributed by atoms with Crippen LogP contribution in [-0.4, -0.2) is 73.2 Å². The van der Waals surface area contributed by atoms with Crippen LogP contribution in [0.25, 0.3) is 0 Å². The zero-order valence-corrected chi connectivity index (χ0v) is 16.4. The molecule has 0 bridgehead atoms. The number of sulfonamides is 1. The zero-order valence-electron chi connectivity index (χ0n) is 15.5. The average Bonchev–Trinajstić information content (AvgIpc) is 3.34. The van der Waals surface area contributed by atoms with Crippen LogP contribution in [0.1, 0.15) is 12.8 Å². The van der Waals surface area contributed by atoms with Crippen molar-refractivity contribution >= 4 is 21.9 Å². The molecule has 0 amide bonds. The van der Waals surface area contributed by atoms with Crippen molar-refractivity contribution < 1.29 is 40.6 Å². The summed E-state index contributed by atoms with van der Waals surface area (Å²) in [7, 11) is -3.16. The third-order valence-corrected chi connectivity index (χ3v) is 7.00. The van der Waals surface area contributed by atoms with Crippen molar-refractivity contribution in [2.75, 3.05) is 31.1 Å². The number of carbonyl (C=O) groups is 1. The summed E-state index contributed by atoms with van der Waals surface area (Å²) in [6, 6.07) is 0. The van der Waals surface area contributed by atoms with Crippen LogP contribution in [0.15, 0.2) is 12.4 Å². The minimum Gasteiger partial charge on any atom is -0.475 e. The van der Waals surface area contributed by atoms with Crippen LogP contribution in [0, 0.1) is 17.7 Å². The van der Waals surface area contributed by atoms with Crippen LogP contribution in [0.4, 0.5) is 23.5 Å². The molecule has 3 atom stereocenters. The molecule has 168 valence electrons. The van der Waals surface area contributed by atoms with E-state index in [1.54, 1.807) is 0 Å². The third-order valence-electron chi connectivity index (χ3n) is 5.08. The van der Waals surface area contributed by atoms with Crippen LogP contribution < -0.4 is 9.62 Å². The summed E-state index contributed by atoms with van der Waals surface area (Å²) in [5.74, 6) is -2.34. The topological polar surface area (TPSA) is 122 Å². The Hall–Kier alpha value is -2.06. The maximum Gasteiger partial charge on any atom is 0.490 e. The minimum atomic E-state index is -5.08. The fourth-order valence-corrected chi connectivity index (χ4v) is 4.80. The van der Waals surface area contributed by atoms with Gasteiger partial charge in [0.15, 0.2) is 5.82 Å². The Labute approximate surface area is 169 Å². The summed E-state index contributed by atoms with van der Waals surface area (Å²) in [6.45, 7) is 2.34. The molecule has 1 aliphatic carbocycles. The molecule has 1 saturated carbocycles. The predicted octanol–water partition coefficient (Wildman–Crippen LogP) is 0.782. The third kappa shape index (κ3) is 5.55. The van der Waals surface area contributed by atoms with Crippen LogP contribution in [0.2, 0.25) is 0 Å². The van der Waals surface area contributed by atoms with Crippen molar-refractivity contribution in [1.82, 2.24) is 14.7 Å². The van der Waals surface area contributed by atoms with Crippen molar-refractivity contribution in [2.45, 2.75) is 30.4 Å². The van der Waals surface area contributed by atoms with Gasteiger partial charge in [0.25, 0.3) is 0 Å². The number of ether oxygens (including phenoxy) is 1. The number of aromatic nitrogens is 2. The Morgan fingerprint density at radius 1 is 1.27 bits per heavy atom. The van der Waals surface area contributed by atoms with Gasteiger partial charge in [0.05, 0.1) is 30.4 Å². The first-order valence-corrected chi connectivity index (χ1v) is 10.6. The van der Waals surface area contributed by atoms with Gasteiger partial charge in [-0.05, 0) is 12.8 Å². The summed E-state index contributed by atoms with van der Waals surface area (Å²) in [4.78, 5) is 18.9. The molecule has 0 spiro atoms.